The summed E-state index contributed by atoms with van der Waals surface area (Å²) in [6.07, 6.45) is 0.825. The highest BCUT2D eigenvalue weighted by molar-refractivity contribution is 14.1. The van der Waals surface area contributed by atoms with Gasteiger partial charge in [0, 0.05) is 11.0 Å². The molecule has 0 aromatic heterocycles. The van der Waals surface area contributed by atoms with Crippen LogP contribution in [0.3, 0.4) is 0 Å². The fourth-order valence-corrected chi connectivity index (χ4v) is 3.17. The summed E-state index contributed by atoms with van der Waals surface area (Å²) in [6.45, 7) is 0.529. The lowest BCUT2D eigenvalue weighted by atomic mass is 10.2. The molecule has 1 saturated heterocycles. The summed E-state index contributed by atoms with van der Waals surface area (Å²) in [5.74, 6) is -0.826. The van der Waals surface area contributed by atoms with Crippen LogP contribution in [0.5, 0.6) is 0 Å². The SMILES string of the molecule is O=C1SC(c2cccc(F)c2)N(CCCI)C1=O. The molecule has 1 aromatic rings. The molecule has 18 heavy (non-hydrogen) atoms. The maximum Gasteiger partial charge on any atom is 0.302 e. The Labute approximate surface area is 122 Å². The molecule has 0 radical (unpaired) electrons. The van der Waals surface area contributed by atoms with E-state index in [4.69, 9.17) is 0 Å². The third kappa shape index (κ3) is 2.85. The van der Waals surface area contributed by atoms with Crippen molar-refractivity contribution in [3.8, 4) is 0 Å². The highest BCUT2D eigenvalue weighted by Crippen LogP contribution is 2.39. The monoisotopic (exact) mass is 379 g/mol. The van der Waals surface area contributed by atoms with Gasteiger partial charge in [-0.2, -0.15) is 0 Å². The van der Waals surface area contributed by atoms with Gasteiger partial charge >= 0.3 is 5.91 Å². The molecule has 1 aromatic carbocycles. The van der Waals surface area contributed by atoms with Crippen molar-refractivity contribution in [2.45, 2.75) is 11.8 Å². The van der Waals surface area contributed by atoms with Crippen molar-refractivity contribution in [3.63, 3.8) is 0 Å². The summed E-state index contributed by atoms with van der Waals surface area (Å²) in [5, 5.41) is -0.846. The topological polar surface area (TPSA) is 37.4 Å². The normalized spacial score (nSPS) is 19.7. The van der Waals surface area contributed by atoms with Gasteiger partial charge in [-0.25, -0.2) is 4.39 Å². The molecule has 0 bridgehead atoms. The zero-order chi connectivity index (χ0) is 13.1. The molecule has 1 atom stereocenters. The van der Waals surface area contributed by atoms with Crippen LogP contribution in [0.25, 0.3) is 0 Å². The highest BCUT2D eigenvalue weighted by Gasteiger charge is 2.39. The van der Waals surface area contributed by atoms with E-state index in [1.165, 1.54) is 17.0 Å². The van der Waals surface area contributed by atoms with E-state index < -0.39 is 11.0 Å². The first-order valence-electron chi connectivity index (χ1n) is 5.46. The minimum atomic E-state index is -0.473. The Kier molecular flexibility index (Phi) is 4.60. The van der Waals surface area contributed by atoms with Crippen LogP contribution in [-0.2, 0) is 9.59 Å². The first-order valence-corrected chi connectivity index (χ1v) is 7.87. The van der Waals surface area contributed by atoms with E-state index >= 15 is 0 Å². The molecule has 1 aliphatic rings. The third-order valence-electron chi connectivity index (χ3n) is 2.60. The summed E-state index contributed by atoms with van der Waals surface area (Å²) in [5.41, 5.74) is 0.660. The van der Waals surface area contributed by atoms with Gasteiger partial charge in [0.15, 0.2) is 0 Å². The smallest absolute Gasteiger partial charge is 0.302 e. The molecular formula is C12H11FINO2S. The Morgan fingerprint density at radius 1 is 1.39 bits per heavy atom. The van der Waals surface area contributed by atoms with E-state index in [0.717, 1.165) is 22.6 Å². The lowest BCUT2D eigenvalue weighted by Gasteiger charge is -2.22. The molecule has 6 heteroatoms. The zero-order valence-electron chi connectivity index (χ0n) is 9.44. The van der Waals surface area contributed by atoms with Crippen LogP contribution in [0.1, 0.15) is 17.4 Å². The Balaban J connectivity index is 2.24. The first kappa shape index (κ1) is 13.8. The Hall–Kier alpha value is -0.630. The summed E-state index contributed by atoms with van der Waals surface area (Å²) in [4.78, 5) is 24.8. The van der Waals surface area contributed by atoms with Crippen LogP contribution < -0.4 is 0 Å². The number of halogens is 2. The number of amides is 1. The maximum absolute atomic E-state index is 13.2. The van der Waals surface area contributed by atoms with Gasteiger partial charge in [0.2, 0.25) is 0 Å². The van der Waals surface area contributed by atoms with Gasteiger partial charge in [0.1, 0.15) is 11.2 Å². The Morgan fingerprint density at radius 3 is 2.83 bits per heavy atom. The van der Waals surface area contributed by atoms with Crippen LogP contribution in [-0.4, -0.2) is 26.9 Å². The lowest BCUT2D eigenvalue weighted by molar-refractivity contribution is -0.139. The third-order valence-corrected chi connectivity index (χ3v) is 4.51. The average molecular weight is 379 g/mol. The molecule has 1 heterocycles. The fraction of sp³-hybridized carbons (Fsp3) is 0.333. The number of thioether (sulfide) groups is 1. The van der Waals surface area contributed by atoms with Crippen LogP contribution in [0, 0.1) is 5.82 Å². The number of carbonyl (C=O) groups excluding carboxylic acids is 2. The standard InChI is InChI=1S/C12H11FINO2S/c13-9-4-1-3-8(7-9)11-15(6-2-5-14)10(16)12(17)18-11/h1,3-4,7,11H,2,5-6H2. The molecule has 3 nitrogen and oxygen atoms in total. The molecule has 0 spiro atoms. The van der Waals surface area contributed by atoms with Gasteiger partial charge in [-0.1, -0.05) is 34.7 Å². The molecule has 0 saturated carbocycles. The maximum atomic E-state index is 13.2. The van der Waals surface area contributed by atoms with E-state index in [1.54, 1.807) is 12.1 Å². The van der Waals surface area contributed by atoms with Crippen molar-refractivity contribution in [1.82, 2.24) is 4.90 Å². The van der Waals surface area contributed by atoms with E-state index in [1.807, 2.05) is 0 Å². The van der Waals surface area contributed by atoms with Crippen molar-refractivity contribution >= 4 is 45.4 Å². The van der Waals surface area contributed by atoms with Crippen molar-refractivity contribution in [2.24, 2.45) is 0 Å². The number of nitrogens with zero attached hydrogens (tertiary/aromatic N) is 1. The van der Waals surface area contributed by atoms with Gasteiger partial charge in [-0.3, -0.25) is 9.59 Å². The molecular weight excluding hydrogens is 368 g/mol. The summed E-state index contributed by atoms with van der Waals surface area (Å²) in [6, 6.07) is 6.06. The van der Waals surface area contributed by atoms with E-state index in [2.05, 4.69) is 22.6 Å². The predicted octanol–water partition coefficient (Wildman–Crippen LogP) is 2.75. The summed E-state index contributed by atoms with van der Waals surface area (Å²) < 4.78 is 14.1. The molecule has 1 unspecified atom stereocenters. The van der Waals surface area contributed by atoms with Crippen LogP contribution in [0.4, 0.5) is 4.39 Å². The molecule has 0 aliphatic carbocycles. The second kappa shape index (κ2) is 6.01. The van der Waals surface area contributed by atoms with E-state index in [9.17, 15) is 14.0 Å². The van der Waals surface area contributed by atoms with Crippen molar-refractivity contribution in [2.75, 3.05) is 11.0 Å². The number of hydrogen-bond acceptors (Lipinski definition) is 3. The van der Waals surface area contributed by atoms with Gasteiger partial charge in [-0.15, -0.1) is 0 Å². The van der Waals surface area contributed by atoms with Crippen LogP contribution in [0.15, 0.2) is 24.3 Å². The van der Waals surface area contributed by atoms with Gasteiger partial charge in [0.05, 0.1) is 0 Å². The van der Waals surface area contributed by atoms with E-state index in [0.29, 0.717) is 12.1 Å². The van der Waals surface area contributed by atoms with Gasteiger partial charge in [-0.05, 0) is 35.9 Å². The van der Waals surface area contributed by atoms with Crippen molar-refractivity contribution in [3.05, 3.63) is 35.6 Å². The summed E-state index contributed by atoms with van der Waals surface area (Å²) in [7, 11) is 0. The quantitative estimate of drug-likeness (QED) is 0.459. The van der Waals surface area contributed by atoms with E-state index in [-0.39, 0.29) is 11.2 Å². The lowest BCUT2D eigenvalue weighted by Crippen LogP contribution is -2.30. The fourth-order valence-electron chi connectivity index (χ4n) is 1.80. The average Bonchev–Trinajstić information content (AvgIpc) is 2.64. The Bertz CT molecular complexity index is 483. The highest BCUT2D eigenvalue weighted by atomic mass is 127. The number of alkyl halides is 1. The largest absolute Gasteiger partial charge is 0.319 e. The second-order valence-corrected chi connectivity index (χ2v) is 5.99. The molecule has 1 amide bonds. The number of carbonyl (C=O) groups is 2. The van der Waals surface area contributed by atoms with Crippen LogP contribution in [0.2, 0.25) is 0 Å². The van der Waals surface area contributed by atoms with Gasteiger partial charge < -0.3 is 4.90 Å². The zero-order valence-corrected chi connectivity index (χ0v) is 12.4. The molecule has 1 aliphatic heterocycles. The van der Waals surface area contributed by atoms with Crippen LogP contribution >= 0.6 is 34.4 Å². The summed E-state index contributed by atoms with van der Waals surface area (Å²) >= 11 is 3.19. The predicted molar refractivity (Wildman–Crippen MR) is 77.0 cm³/mol. The van der Waals surface area contributed by atoms with Crippen molar-refractivity contribution in [1.29, 1.82) is 0 Å². The number of benzene rings is 1. The molecule has 2 rings (SSSR count). The second-order valence-electron chi connectivity index (χ2n) is 3.85. The Morgan fingerprint density at radius 2 is 2.17 bits per heavy atom. The molecule has 96 valence electrons. The number of rotatable bonds is 4. The molecule has 1 fully saturated rings. The minimum Gasteiger partial charge on any atom is -0.319 e. The van der Waals surface area contributed by atoms with Gasteiger partial charge in [0.25, 0.3) is 5.12 Å². The number of hydrogen-bond donors (Lipinski definition) is 0. The first-order chi connectivity index (χ1) is 8.63. The van der Waals surface area contributed by atoms with Crippen molar-refractivity contribution < 1.29 is 14.0 Å². The minimum absolute atomic E-state index is 0.353. The molecule has 0 N–H and O–H groups in total.